The third-order valence-corrected chi connectivity index (χ3v) is 15.8. The van der Waals surface area contributed by atoms with E-state index in [1.807, 2.05) is 24.4 Å². The van der Waals surface area contributed by atoms with Crippen molar-refractivity contribution in [3.05, 3.63) is 71.5 Å². The van der Waals surface area contributed by atoms with Crippen LogP contribution in [0.15, 0.2) is 54.9 Å². The zero-order chi connectivity index (χ0) is 49.4. The number of hydrogen-bond donors (Lipinski definition) is 5. The molecule has 0 aliphatic carbocycles. The van der Waals surface area contributed by atoms with Gasteiger partial charge in [-0.15, -0.1) is 0 Å². The molecule has 19 heteroatoms. The molecule has 3 fully saturated rings. The van der Waals surface area contributed by atoms with Crippen LogP contribution in [-0.2, 0) is 64.9 Å². The molecular weight excluding hydrogens is 905 g/mol. The molecule has 4 aromatic rings. The van der Waals surface area contributed by atoms with Crippen molar-refractivity contribution in [2.24, 2.45) is 23.2 Å². The van der Waals surface area contributed by atoms with Gasteiger partial charge in [0, 0.05) is 93.6 Å². The molecule has 5 N–H and O–H groups in total. The number of phenols is 1. The summed E-state index contributed by atoms with van der Waals surface area (Å²) in [6.07, 6.45) is 4.81. The van der Waals surface area contributed by atoms with E-state index >= 15 is 0 Å². The molecule has 6 heterocycles. The van der Waals surface area contributed by atoms with Gasteiger partial charge in [0.15, 0.2) is 0 Å². The first-order valence-electron chi connectivity index (χ1n) is 24.0. The fraction of sp³-hybridized carbons (Fsp3) is 0.540. The molecule has 18 nitrogen and oxygen atoms in total. The van der Waals surface area contributed by atoms with Gasteiger partial charge in [0.05, 0.1) is 25.0 Å². The number of esters is 1. The number of aryl methyl sites for hydroxylation is 1. The maximum Gasteiger partial charge on any atom is 0.324 e. The lowest BCUT2D eigenvalue weighted by molar-refractivity contribution is -0.155. The maximum absolute atomic E-state index is 14.7. The molecule has 3 saturated heterocycles. The van der Waals surface area contributed by atoms with Gasteiger partial charge in [-0.25, -0.2) is 5.43 Å². The number of pyridine rings is 1. The zero-order valence-corrected chi connectivity index (χ0v) is 41.2. The van der Waals surface area contributed by atoms with Gasteiger partial charge in [0.25, 0.3) is 16.1 Å². The van der Waals surface area contributed by atoms with Crippen LogP contribution < -0.4 is 16.1 Å². The molecule has 4 aliphatic rings. The number of aromatic hydroxyl groups is 1. The number of carbonyl (C=O) groups is 4. The Balaban J connectivity index is 1.12. The number of nitrogens with zero attached hydrogens (tertiary/aromatic N) is 5. The van der Waals surface area contributed by atoms with Crippen LogP contribution in [-0.4, -0.2) is 137 Å². The number of β-amino-alcohol motifs (C(OH)–C–C–N with tert-alkyl or cyclic N) is 1. The SMILES string of the molecule is CCn1c(-c2cnccc2COC)c2c3cc(ccc31)-c1cc(O)cc(c1)C[C@H](NC(=O)[C@H](C(=O)NC[C@@H]1CCN(S(=O)(=O)N3CC(O)C3)C1)C(C)C)C(=O)N1CCC[C@H](N1)C(=O)OCC(C)(C)C2. The fourth-order valence-electron chi connectivity index (χ4n) is 10.2. The Morgan fingerprint density at radius 3 is 2.52 bits per heavy atom. The number of amides is 3. The number of cyclic esters (lactones) is 1. The number of carbonyl (C=O) groups excluding carboxylic acids is 4. The van der Waals surface area contributed by atoms with Gasteiger partial charge in [-0.1, -0.05) is 39.8 Å². The Morgan fingerprint density at radius 1 is 1.01 bits per heavy atom. The van der Waals surface area contributed by atoms with Crippen LogP contribution in [0.2, 0.25) is 0 Å². The van der Waals surface area contributed by atoms with Crippen molar-refractivity contribution in [2.75, 3.05) is 53.0 Å². The number of hydrazine groups is 1. The van der Waals surface area contributed by atoms with Crippen LogP contribution in [0, 0.1) is 23.2 Å². The van der Waals surface area contributed by atoms with Crippen LogP contribution in [0.3, 0.4) is 0 Å². The number of fused-ring (bicyclic) bond motifs is 6. The van der Waals surface area contributed by atoms with E-state index in [4.69, 9.17) is 9.47 Å². The van der Waals surface area contributed by atoms with Crippen molar-refractivity contribution in [1.29, 1.82) is 0 Å². The van der Waals surface area contributed by atoms with Crippen LogP contribution in [0.4, 0.5) is 0 Å². The largest absolute Gasteiger partial charge is 0.508 e. The van der Waals surface area contributed by atoms with E-state index < -0.39 is 69.3 Å². The number of aliphatic hydroxyl groups excluding tert-OH is 1. The molecule has 372 valence electrons. The van der Waals surface area contributed by atoms with Crippen molar-refractivity contribution in [3.8, 4) is 28.1 Å². The number of methoxy groups -OCH3 is 1. The highest BCUT2D eigenvalue weighted by Crippen LogP contribution is 2.41. The molecule has 8 rings (SSSR count). The van der Waals surface area contributed by atoms with E-state index in [0.29, 0.717) is 50.0 Å². The lowest BCUT2D eigenvalue weighted by Gasteiger charge is -2.37. The lowest BCUT2D eigenvalue weighted by Crippen LogP contribution is -2.61. The second-order valence-electron chi connectivity index (χ2n) is 20.1. The predicted molar refractivity (Wildman–Crippen MR) is 258 cm³/mol. The van der Waals surface area contributed by atoms with Gasteiger partial charge in [0.1, 0.15) is 23.8 Å². The van der Waals surface area contributed by atoms with Crippen LogP contribution in [0.25, 0.3) is 33.3 Å². The Bertz CT molecular complexity index is 2700. The van der Waals surface area contributed by atoms with Crippen molar-refractivity contribution >= 4 is 44.8 Å². The summed E-state index contributed by atoms with van der Waals surface area (Å²) in [5.74, 6) is -4.21. The maximum atomic E-state index is 14.7. The first-order chi connectivity index (χ1) is 32.9. The monoisotopic (exact) mass is 970 g/mol. The minimum atomic E-state index is -3.73. The van der Waals surface area contributed by atoms with Crippen molar-refractivity contribution in [2.45, 2.75) is 98.1 Å². The molecule has 0 unspecified atom stereocenters. The van der Waals surface area contributed by atoms with Crippen molar-refractivity contribution in [1.82, 2.24) is 39.2 Å². The summed E-state index contributed by atoms with van der Waals surface area (Å²) in [6.45, 7) is 11.8. The average Bonchev–Trinajstić information content (AvgIpc) is 3.91. The van der Waals surface area contributed by atoms with E-state index in [1.54, 1.807) is 39.3 Å². The fourth-order valence-corrected chi connectivity index (χ4v) is 12.0. The van der Waals surface area contributed by atoms with E-state index in [1.165, 1.54) is 13.6 Å². The molecular formula is C50H66N8O10S. The number of aromatic nitrogens is 2. The number of benzene rings is 2. The third kappa shape index (κ3) is 10.7. The number of rotatable bonds is 12. The first kappa shape index (κ1) is 50.0. The molecule has 3 amide bonds. The minimum Gasteiger partial charge on any atom is -0.508 e. The van der Waals surface area contributed by atoms with E-state index in [9.17, 15) is 37.8 Å². The number of nitrogens with one attached hydrogen (secondary N) is 3. The van der Waals surface area contributed by atoms with Gasteiger partial charge in [-0.3, -0.25) is 29.2 Å². The number of hydrogen-bond acceptors (Lipinski definition) is 12. The number of ether oxygens (including phenoxy) is 2. The zero-order valence-electron chi connectivity index (χ0n) is 40.4. The Hall–Kier alpha value is -5.44. The smallest absolute Gasteiger partial charge is 0.324 e. The molecule has 4 atom stereocenters. The van der Waals surface area contributed by atoms with Gasteiger partial charge in [0.2, 0.25) is 11.8 Å². The summed E-state index contributed by atoms with van der Waals surface area (Å²) >= 11 is 0. The van der Waals surface area contributed by atoms with Gasteiger partial charge in [-0.2, -0.15) is 17.0 Å². The Labute approximate surface area is 403 Å². The Morgan fingerprint density at radius 2 is 1.80 bits per heavy atom. The molecule has 69 heavy (non-hydrogen) atoms. The summed E-state index contributed by atoms with van der Waals surface area (Å²) in [5, 5.41) is 29.1. The van der Waals surface area contributed by atoms with Crippen LogP contribution in [0.5, 0.6) is 5.75 Å². The van der Waals surface area contributed by atoms with Crippen LogP contribution >= 0.6 is 0 Å². The lowest BCUT2D eigenvalue weighted by atomic mass is 9.84. The van der Waals surface area contributed by atoms with Crippen molar-refractivity contribution in [3.63, 3.8) is 0 Å². The molecule has 4 aliphatic heterocycles. The average molecular weight is 971 g/mol. The molecule has 6 bridgehead atoms. The van der Waals surface area contributed by atoms with E-state index in [0.717, 1.165) is 38.9 Å². The molecule has 0 radical (unpaired) electrons. The normalized spacial score (nSPS) is 22.3. The van der Waals surface area contributed by atoms with Crippen molar-refractivity contribution < 1.29 is 47.3 Å². The number of phenolic OH excluding ortho intramolecular Hbond substituents is 1. The first-order valence-corrected chi connectivity index (χ1v) is 25.4. The topological polar surface area (TPSA) is 225 Å². The number of aliphatic hydroxyl groups is 1. The summed E-state index contributed by atoms with van der Waals surface area (Å²) in [4.78, 5) is 61.4. The molecule has 2 aromatic heterocycles. The van der Waals surface area contributed by atoms with Crippen LogP contribution in [0.1, 0.15) is 70.6 Å². The summed E-state index contributed by atoms with van der Waals surface area (Å²) in [6, 6.07) is 11.2. The molecule has 2 aromatic carbocycles. The second-order valence-corrected chi connectivity index (χ2v) is 22.1. The third-order valence-electron chi connectivity index (χ3n) is 13.8. The van der Waals surface area contributed by atoms with Gasteiger partial charge in [-0.05, 0) is 103 Å². The molecule has 0 spiro atoms. The van der Waals surface area contributed by atoms with E-state index in [-0.39, 0.29) is 64.0 Å². The highest BCUT2D eigenvalue weighted by Gasteiger charge is 2.42. The summed E-state index contributed by atoms with van der Waals surface area (Å²) < 4.78 is 42.6. The van der Waals surface area contributed by atoms with Gasteiger partial charge < -0.3 is 34.9 Å². The highest BCUT2D eigenvalue weighted by molar-refractivity contribution is 7.86. The van der Waals surface area contributed by atoms with E-state index in [2.05, 4.69) is 58.5 Å². The summed E-state index contributed by atoms with van der Waals surface area (Å²) in [7, 11) is -2.06. The highest BCUT2D eigenvalue weighted by atomic mass is 32.2. The summed E-state index contributed by atoms with van der Waals surface area (Å²) in [5.41, 5.74) is 9.51. The minimum absolute atomic E-state index is 0.0404. The molecule has 0 saturated carbocycles. The second kappa shape index (κ2) is 20.5. The quantitative estimate of drug-likeness (QED) is 0.102. The Kier molecular flexibility index (Phi) is 14.8. The van der Waals surface area contributed by atoms with Gasteiger partial charge >= 0.3 is 5.97 Å². The standard InChI is InChI=1S/C50H66N8O10S/c1-7-57-43-11-10-33-21-38(43)39(45(57)40-24-51-14-12-34(40)28-67-6)22-50(4,5)29-68-49(64)41-9-8-15-58(54-41)48(63)42(19-32-17-35(33)20-36(59)18-32)53-47(62)44(30(2)3)46(61)52-23-31-13-16-55(25-31)69(65,66)56-26-37(60)27-56/h10-12,14,17-18,20-21,24,30-31,37,41-42,44,54,59-60H,7-9,13,15-16,19,22-23,25-29H2,1-6H3,(H,52,61)(H,53,62)/t31-,41-,42-,44-/m0/s1. The predicted octanol–water partition coefficient (Wildman–Crippen LogP) is 3.52.